The average molecular weight is 1170 g/mol. The molecule has 0 spiro atoms. The molecule has 5 nitrogen and oxygen atoms in total. The summed E-state index contributed by atoms with van der Waals surface area (Å²) in [5, 5.41) is 19.6. The van der Waals surface area contributed by atoms with E-state index in [0.29, 0.717) is 17.6 Å². The molecule has 19 aromatic rings. The minimum Gasteiger partial charge on any atom is -0.307 e. The van der Waals surface area contributed by atoms with Crippen LogP contribution < -0.4 is 0 Å². The second-order valence-corrected chi connectivity index (χ2v) is 24.2. The standard InChI is InChI=1S/C87H53N5/c1-4-20-54(21-5-1)85-88-86(55-22-6-2-7-23-55)90-87(89-85)92-81-37-17-16-36-74(81)76-46-47-77-75-45-41-63(53-82(75)91(83(77)84(76)92)64-28-8-3-9-29-64)62-39-43-72-68-33-13-15-35-70(68)79-51-61(40-44-73(79)80(72)52-62)59-27-19-25-57(49-59)56-24-18-26-58(48-56)60-38-42-71-67-32-11-10-30-65(67)66-31-12-14-34-69(66)78(71)50-60/h1-53H. The third-order valence-electron chi connectivity index (χ3n) is 19.1. The van der Waals surface area contributed by atoms with Gasteiger partial charge in [0.05, 0.1) is 22.1 Å². The largest absolute Gasteiger partial charge is 0.307 e. The molecule has 0 unspecified atom stereocenters. The second kappa shape index (κ2) is 20.6. The van der Waals surface area contributed by atoms with Crippen LogP contribution in [0.5, 0.6) is 0 Å². The fourth-order valence-electron chi connectivity index (χ4n) is 14.8. The van der Waals surface area contributed by atoms with Crippen LogP contribution in [-0.4, -0.2) is 24.1 Å². The molecule has 0 aliphatic heterocycles. The fraction of sp³-hybridized carbons (Fsp3) is 0. The summed E-state index contributed by atoms with van der Waals surface area (Å²) in [6.45, 7) is 0. The van der Waals surface area contributed by atoms with Crippen LogP contribution in [0.4, 0.5) is 0 Å². The zero-order valence-electron chi connectivity index (χ0n) is 49.8. The van der Waals surface area contributed by atoms with Crippen molar-refractivity contribution < 1.29 is 0 Å². The maximum Gasteiger partial charge on any atom is 0.238 e. The van der Waals surface area contributed by atoms with Gasteiger partial charge in [0.1, 0.15) is 0 Å². The first-order valence-electron chi connectivity index (χ1n) is 31.5. The van der Waals surface area contributed by atoms with E-state index >= 15 is 0 Å². The smallest absolute Gasteiger partial charge is 0.238 e. The minimum absolute atomic E-state index is 0.556. The van der Waals surface area contributed by atoms with Crippen molar-refractivity contribution in [2.75, 3.05) is 0 Å². The molecule has 0 fully saturated rings. The number of nitrogens with zero attached hydrogens (tertiary/aromatic N) is 5. The first-order valence-corrected chi connectivity index (χ1v) is 31.5. The van der Waals surface area contributed by atoms with Gasteiger partial charge in [0, 0.05) is 38.4 Å². The summed E-state index contributed by atoms with van der Waals surface area (Å²) in [4.78, 5) is 15.8. The average Bonchev–Trinajstić information content (AvgIpc) is 1.52. The van der Waals surface area contributed by atoms with Gasteiger partial charge >= 0.3 is 0 Å². The summed E-state index contributed by atoms with van der Waals surface area (Å²) >= 11 is 0. The molecule has 0 saturated carbocycles. The van der Waals surface area contributed by atoms with E-state index in [9.17, 15) is 0 Å². The Balaban J connectivity index is 0.743. The summed E-state index contributed by atoms with van der Waals surface area (Å²) in [5.74, 6) is 1.78. The number of para-hydroxylation sites is 2. The van der Waals surface area contributed by atoms with Crippen molar-refractivity contribution in [2.45, 2.75) is 0 Å². The van der Waals surface area contributed by atoms with E-state index in [1.807, 2.05) is 36.4 Å². The summed E-state index contributed by atoms with van der Waals surface area (Å²) in [6.07, 6.45) is 0. The molecule has 0 bridgehead atoms. The molecule has 19 rings (SSSR count). The predicted octanol–water partition coefficient (Wildman–Crippen LogP) is 23.0. The molecule has 92 heavy (non-hydrogen) atoms. The fourth-order valence-corrected chi connectivity index (χ4v) is 14.8. The van der Waals surface area contributed by atoms with E-state index in [2.05, 4.69) is 294 Å². The molecule has 0 aliphatic carbocycles. The van der Waals surface area contributed by atoms with Gasteiger partial charge in [0.15, 0.2) is 11.6 Å². The predicted molar refractivity (Wildman–Crippen MR) is 386 cm³/mol. The van der Waals surface area contributed by atoms with Crippen LogP contribution in [0.1, 0.15) is 0 Å². The molecule has 0 N–H and O–H groups in total. The van der Waals surface area contributed by atoms with E-state index in [-0.39, 0.29) is 0 Å². The van der Waals surface area contributed by atoms with E-state index in [1.54, 1.807) is 0 Å². The van der Waals surface area contributed by atoms with Crippen molar-refractivity contribution in [2.24, 2.45) is 0 Å². The molecular formula is C87H53N5. The van der Waals surface area contributed by atoms with E-state index in [1.165, 1.54) is 98.0 Å². The van der Waals surface area contributed by atoms with Crippen LogP contribution in [0.2, 0.25) is 0 Å². The van der Waals surface area contributed by atoms with Gasteiger partial charge in [0.25, 0.3) is 0 Å². The Bertz CT molecular complexity index is 6150. The number of hydrogen-bond acceptors (Lipinski definition) is 3. The highest BCUT2D eigenvalue weighted by Crippen LogP contribution is 2.45. The maximum absolute atomic E-state index is 5.35. The Hall–Kier alpha value is -12.3. The number of hydrogen-bond donors (Lipinski definition) is 0. The Labute approximate surface area is 529 Å². The first kappa shape index (κ1) is 51.7. The van der Waals surface area contributed by atoms with Crippen LogP contribution in [-0.2, 0) is 0 Å². The molecule has 0 radical (unpaired) electrons. The lowest BCUT2D eigenvalue weighted by molar-refractivity contribution is 0.953. The first-order chi connectivity index (χ1) is 45.6. The molecule has 0 saturated heterocycles. The van der Waals surface area contributed by atoms with Gasteiger partial charge in [-0.2, -0.15) is 9.97 Å². The van der Waals surface area contributed by atoms with Crippen molar-refractivity contribution in [3.05, 3.63) is 322 Å². The van der Waals surface area contributed by atoms with E-state index in [0.717, 1.165) is 71.6 Å². The van der Waals surface area contributed by atoms with Gasteiger partial charge in [-0.3, -0.25) is 4.57 Å². The molecule has 3 heterocycles. The number of aromatic nitrogens is 5. The number of rotatable bonds is 8. The van der Waals surface area contributed by atoms with Crippen LogP contribution in [0, 0.1) is 0 Å². The highest BCUT2D eigenvalue weighted by atomic mass is 15.2. The summed E-state index contributed by atoms with van der Waals surface area (Å²) in [7, 11) is 0. The summed E-state index contributed by atoms with van der Waals surface area (Å²) in [5.41, 5.74) is 16.6. The maximum atomic E-state index is 5.35. The zero-order chi connectivity index (χ0) is 60.4. The Morgan fingerprint density at radius 2 is 0.478 bits per heavy atom. The van der Waals surface area contributed by atoms with Crippen LogP contribution >= 0.6 is 0 Å². The lowest BCUT2D eigenvalue weighted by Gasteiger charge is -2.15. The van der Waals surface area contributed by atoms with Crippen molar-refractivity contribution in [3.63, 3.8) is 0 Å². The Morgan fingerprint density at radius 3 is 0.935 bits per heavy atom. The van der Waals surface area contributed by atoms with Gasteiger partial charge in [-0.1, -0.05) is 267 Å². The molecule has 5 heteroatoms. The quantitative estimate of drug-likeness (QED) is 0.142. The summed E-state index contributed by atoms with van der Waals surface area (Å²) < 4.78 is 4.72. The molecule has 426 valence electrons. The van der Waals surface area contributed by atoms with Gasteiger partial charge in [-0.05, 0) is 164 Å². The van der Waals surface area contributed by atoms with Crippen molar-refractivity contribution >= 4 is 108 Å². The van der Waals surface area contributed by atoms with Crippen molar-refractivity contribution in [1.82, 2.24) is 24.1 Å². The molecular weight excluding hydrogens is 1110 g/mol. The van der Waals surface area contributed by atoms with E-state index < -0.39 is 0 Å². The summed E-state index contributed by atoms with van der Waals surface area (Å²) in [6, 6.07) is 117. The van der Waals surface area contributed by atoms with Crippen molar-refractivity contribution in [3.8, 4) is 78.9 Å². The van der Waals surface area contributed by atoms with Gasteiger partial charge in [0.2, 0.25) is 5.95 Å². The topological polar surface area (TPSA) is 48.5 Å². The lowest BCUT2D eigenvalue weighted by Crippen LogP contribution is -2.07. The highest BCUT2D eigenvalue weighted by Gasteiger charge is 2.25. The highest BCUT2D eigenvalue weighted by molar-refractivity contribution is 6.28. The van der Waals surface area contributed by atoms with Crippen LogP contribution in [0.15, 0.2) is 322 Å². The van der Waals surface area contributed by atoms with Crippen LogP contribution in [0.25, 0.3) is 187 Å². The monoisotopic (exact) mass is 1170 g/mol. The van der Waals surface area contributed by atoms with Gasteiger partial charge in [-0.25, -0.2) is 4.98 Å². The lowest BCUT2D eigenvalue weighted by atomic mass is 9.89. The molecule has 0 aliphatic rings. The molecule has 0 amide bonds. The normalized spacial score (nSPS) is 11.9. The van der Waals surface area contributed by atoms with Crippen molar-refractivity contribution in [1.29, 1.82) is 0 Å². The number of benzene rings is 16. The van der Waals surface area contributed by atoms with Gasteiger partial charge < -0.3 is 4.57 Å². The third-order valence-corrected chi connectivity index (χ3v) is 19.1. The molecule has 0 atom stereocenters. The molecule has 3 aromatic heterocycles. The third kappa shape index (κ3) is 8.16. The number of fused-ring (bicyclic) bond motifs is 19. The Morgan fingerprint density at radius 1 is 0.174 bits per heavy atom. The Kier molecular flexibility index (Phi) is 11.6. The SMILES string of the molecule is c1ccc(-c2nc(-c3ccccc3)nc(-n3c4ccccc4c4ccc5c6ccc(-c7ccc8c9ccccc9c9cc(-c%10cccc(-c%11cccc(-c%12ccc%13c%14ccccc%14c%14ccccc%14c%13c%12)c%11)c%10)ccc9c8c7)cc6n(-c6ccccc6)c5c43)n2)cc1. The second-order valence-electron chi connectivity index (χ2n) is 24.2. The molecule has 16 aromatic carbocycles. The van der Waals surface area contributed by atoms with Gasteiger partial charge in [-0.15, -0.1) is 0 Å². The minimum atomic E-state index is 0.556. The van der Waals surface area contributed by atoms with Crippen LogP contribution in [0.3, 0.4) is 0 Å². The zero-order valence-corrected chi connectivity index (χ0v) is 49.8. The van der Waals surface area contributed by atoms with E-state index in [4.69, 9.17) is 15.0 Å².